The fourth-order valence-electron chi connectivity index (χ4n) is 4.97. The van der Waals surface area contributed by atoms with Crippen LogP contribution in [0.3, 0.4) is 0 Å². The third kappa shape index (κ3) is 4.64. The van der Waals surface area contributed by atoms with E-state index in [1.807, 2.05) is 37.8 Å². The van der Waals surface area contributed by atoms with E-state index < -0.39 is 22.9 Å². The Labute approximate surface area is 213 Å². The molecule has 0 aliphatic carbocycles. The van der Waals surface area contributed by atoms with Crippen LogP contribution in [0.5, 0.6) is 11.6 Å². The number of ether oxygens (including phenoxy) is 1. The first-order valence-corrected chi connectivity index (χ1v) is 12.2. The summed E-state index contributed by atoms with van der Waals surface area (Å²) in [6.45, 7) is 6.59. The number of carboxylic acids is 1. The zero-order valence-electron chi connectivity index (χ0n) is 20.9. The molecule has 0 radical (unpaired) electrons. The highest BCUT2D eigenvalue weighted by molar-refractivity contribution is 5.86. The average Bonchev–Trinajstić information content (AvgIpc) is 3.21. The second-order valence-electron chi connectivity index (χ2n) is 10.1. The lowest BCUT2D eigenvalue weighted by atomic mass is 9.99. The number of nitrogens with one attached hydrogen (secondary N) is 1. The largest absolute Gasteiger partial charge is 0.480 e. The number of pyridine rings is 2. The van der Waals surface area contributed by atoms with Gasteiger partial charge in [0.05, 0.1) is 5.39 Å². The summed E-state index contributed by atoms with van der Waals surface area (Å²) >= 11 is 0. The van der Waals surface area contributed by atoms with E-state index in [9.17, 15) is 19.5 Å². The number of aromatic nitrogens is 2. The molecule has 0 spiro atoms. The number of nitrogens with zero attached hydrogens (tertiary/aromatic N) is 3. The maximum absolute atomic E-state index is 12.4. The van der Waals surface area contributed by atoms with Gasteiger partial charge in [0.15, 0.2) is 0 Å². The van der Waals surface area contributed by atoms with Gasteiger partial charge in [0, 0.05) is 36.6 Å². The summed E-state index contributed by atoms with van der Waals surface area (Å²) in [5, 5.41) is 14.5. The zero-order chi connectivity index (χ0) is 26.3. The molecule has 9 nitrogen and oxygen atoms in total. The van der Waals surface area contributed by atoms with Crippen molar-refractivity contribution in [3.05, 3.63) is 80.5 Å². The van der Waals surface area contributed by atoms with E-state index in [1.54, 1.807) is 36.7 Å². The lowest BCUT2D eigenvalue weighted by Gasteiger charge is -2.35. The second kappa shape index (κ2) is 9.31. The van der Waals surface area contributed by atoms with Crippen LogP contribution in [0.1, 0.15) is 37.9 Å². The van der Waals surface area contributed by atoms with Gasteiger partial charge in [-0.3, -0.25) is 14.6 Å². The summed E-state index contributed by atoms with van der Waals surface area (Å²) in [6, 6.07) is 9.81. The number of carboxylic acid groups (broad SMARTS) is 1. The minimum Gasteiger partial charge on any atom is -0.480 e. The predicted octanol–water partition coefficient (Wildman–Crippen LogP) is 3.81. The lowest BCUT2D eigenvalue weighted by Crippen LogP contribution is -2.49. The molecule has 1 atom stereocenters. The van der Waals surface area contributed by atoms with E-state index in [1.165, 1.54) is 0 Å². The van der Waals surface area contributed by atoms with Crippen molar-refractivity contribution in [3.8, 4) is 11.6 Å². The first-order chi connectivity index (χ1) is 17.6. The monoisotopic (exact) mass is 500 g/mol. The maximum Gasteiger partial charge on any atom is 0.326 e. The van der Waals surface area contributed by atoms with Crippen LogP contribution in [0.2, 0.25) is 0 Å². The number of carbonyl (C=O) groups is 1. The Morgan fingerprint density at radius 2 is 1.95 bits per heavy atom. The highest BCUT2D eigenvalue weighted by Gasteiger charge is 2.39. The predicted molar refractivity (Wildman–Crippen MR) is 142 cm³/mol. The molecule has 3 heterocycles. The topological polar surface area (TPSA) is 122 Å². The molecule has 1 saturated heterocycles. The van der Waals surface area contributed by atoms with Gasteiger partial charge in [0.2, 0.25) is 5.88 Å². The van der Waals surface area contributed by atoms with Crippen molar-refractivity contribution >= 4 is 28.1 Å². The van der Waals surface area contributed by atoms with Crippen molar-refractivity contribution in [1.82, 2.24) is 9.97 Å². The van der Waals surface area contributed by atoms with Gasteiger partial charge in [-0.25, -0.2) is 9.78 Å². The minimum absolute atomic E-state index is 0.0957. The van der Waals surface area contributed by atoms with Crippen LogP contribution in [-0.2, 0) is 11.2 Å². The van der Waals surface area contributed by atoms with Crippen molar-refractivity contribution in [2.75, 3.05) is 16.8 Å². The molecule has 1 unspecified atom stereocenters. The van der Waals surface area contributed by atoms with E-state index in [-0.39, 0.29) is 17.6 Å². The van der Waals surface area contributed by atoms with E-state index >= 15 is 0 Å². The molecule has 4 aromatic rings. The first-order valence-electron chi connectivity index (χ1n) is 12.2. The highest BCUT2D eigenvalue weighted by atomic mass is 16.5. The Bertz CT molecular complexity index is 1550. The van der Waals surface area contributed by atoms with Crippen molar-refractivity contribution in [2.24, 2.45) is 0 Å². The van der Waals surface area contributed by atoms with Crippen LogP contribution in [0.4, 0.5) is 11.4 Å². The number of aliphatic carboxylic acids is 1. The SMILES string of the molecule is Cc1cc2ccncc2c(Oc2ccc(CC(Nc3c(N4CCCC4(C)C)c(=O)c3=O)C(=O)O)cc2)n1. The molecule has 5 rings (SSSR count). The summed E-state index contributed by atoms with van der Waals surface area (Å²) in [7, 11) is 0. The Balaban J connectivity index is 1.33. The Morgan fingerprint density at radius 3 is 2.62 bits per heavy atom. The normalized spacial score (nSPS) is 15.7. The van der Waals surface area contributed by atoms with Gasteiger partial charge < -0.3 is 20.1 Å². The third-order valence-corrected chi connectivity index (χ3v) is 6.98. The van der Waals surface area contributed by atoms with Crippen LogP contribution < -0.4 is 25.8 Å². The summed E-state index contributed by atoms with van der Waals surface area (Å²) in [4.78, 5) is 47.4. The molecule has 0 bridgehead atoms. The molecule has 2 aromatic carbocycles. The number of aryl methyl sites for hydroxylation is 1. The number of rotatable bonds is 8. The Morgan fingerprint density at radius 1 is 1.19 bits per heavy atom. The summed E-state index contributed by atoms with van der Waals surface area (Å²) in [5.41, 5.74) is 0.457. The molecule has 37 heavy (non-hydrogen) atoms. The van der Waals surface area contributed by atoms with Crippen molar-refractivity contribution in [3.63, 3.8) is 0 Å². The first kappa shape index (κ1) is 24.4. The van der Waals surface area contributed by atoms with E-state index in [0.29, 0.717) is 23.9 Å². The molecule has 190 valence electrons. The van der Waals surface area contributed by atoms with Gasteiger partial charge in [-0.1, -0.05) is 12.1 Å². The van der Waals surface area contributed by atoms with E-state index in [0.717, 1.165) is 34.9 Å². The standard InChI is InChI=1S/C28H28N4O5/c1-16-13-18-9-11-29-15-20(18)26(30-16)37-19-7-5-17(6-8-19)14-21(27(35)36)31-22-23(25(34)24(22)33)32-12-4-10-28(32,2)3/h5-9,11,13,15,21,31H,4,10,12,14H2,1-3H3,(H,35,36). The Hall–Kier alpha value is -4.27. The molecule has 0 saturated carbocycles. The quantitative estimate of drug-likeness (QED) is 0.348. The summed E-state index contributed by atoms with van der Waals surface area (Å²) < 4.78 is 6.01. The number of anilines is 2. The average molecular weight is 501 g/mol. The third-order valence-electron chi connectivity index (χ3n) is 6.98. The van der Waals surface area contributed by atoms with Gasteiger partial charge in [0.25, 0.3) is 10.9 Å². The zero-order valence-corrected chi connectivity index (χ0v) is 20.9. The number of benzene rings is 1. The summed E-state index contributed by atoms with van der Waals surface area (Å²) in [6.07, 6.45) is 5.34. The molecule has 1 aliphatic heterocycles. The number of fused-ring (bicyclic) bond motifs is 1. The van der Waals surface area contributed by atoms with Crippen LogP contribution in [0.15, 0.2) is 58.4 Å². The molecule has 1 aliphatic rings. The molecule has 0 amide bonds. The highest BCUT2D eigenvalue weighted by Crippen LogP contribution is 2.36. The molecular weight excluding hydrogens is 472 g/mol. The van der Waals surface area contributed by atoms with Crippen molar-refractivity contribution in [1.29, 1.82) is 0 Å². The van der Waals surface area contributed by atoms with Crippen molar-refractivity contribution in [2.45, 2.75) is 51.6 Å². The van der Waals surface area contributed by atoms with Gasteiger partial charge >= 0.3 is 5.97 Å². The van der Waals surface area contributed by atoms with Gasteiger partial charge in [0.1, 0.15) is 23.2 Å². The van der Waals surface area contributed by atoms with Crippen LogP contribution >= 0.6 is 0 Å². The van der Waals surface area contributed by atoms with Gasteiger partial charge in [-0.2, -0.15) is 0 Å². The molecule has 2 N–H and O–H groups in total. The van der Waals surface area contributed by atoms with Crippen LogP contribution in [0, 0.1) is 6.92 Å². The lowest BCUT2D eigenvalue weighted by molar-refractivity contribution is -0.137. The van der Waals surface area contributed by atoms with Crippen molar-refractivity contribution < 1.29 is 14.6 Å². The molecule has 2 aromatic heterocycles. The fraction of sp³-hybridized carbons (Fsp3) is 0.321. The fourth-order valence-corrected chi connectivity index (χ4v) is 4.97. The molecule has 1 fully saturated rings. The summed E-state index contributed by atoms with van der Waals surface area (Å²) in [5.74, 6) is -0.116. The Kier molecular flexibility index (Phi) is 6.15. The minimum atomic E-state index is -1.11. The maximum atomic E-state index is 12.4. The number of hydrogen-bond donors (Lipinski definition) is 2. The second-order valence-corrected chi connectivity index (χ2v) is 10.1. The van der Waals surface area contributed by atoms with Gasteiger partial charge in [-0.05, 0) is 68.8 Å². The van der Waals surface area contributed by atoms with E-state index in [2.05, 4.69) is 15.3 Å². The van der Waals surface area contributed by atoms with Crippen LogP contribution in [0.25, 0.3) is 10.8 Å². The number of hydrogen-bond acceptors (Lipinski definition) is 8. The van der Waals surface area contributed by atoms with Gasteiger partial charge in [-0.15, -0.1) is 0 Å². The van der Waals surface area contributed by atoms with E-state index in [4.69, 9.17) is 4.74 Å². The van der Waals surface area contributed by atoms with Crippen LogP contribution in [-0.4, -0.2) is 39.2 Å². The molecular formula is C28H28N4O5. The molecule has 9 heteroatoms. The smallest absolute Gasteiger partial charge is 0.326 e.